The number of hydrogen-bond acceptors (Lipinski definition) is 4. The van der Waals surface area contributed by atoms with Crippen molar-refractivity contribution in [2.24, 2.45) is 0 Å². The van der Waals surface area contributed by atoms with Gasteiger partial charge < -0.3 is 19.5 Å². The van der Waals surface area contributed by atoms with Crippen LogP contribution in [0.1, 0.15) is 53.5 Å². The van der Waals surface area contributed by atoms with Gasteiger partial charge in [0.25, 0.3) is 0 Å². The molecule has 3 aromatic carbocycles. The molecule has 172 valence electrons. The number of benzene rings is 3. The van der Waals surface area contributed by atoms with Crippen molar-refractivity contribution in [1.82, 2.24) is 5.32 Å². The van der Waals surface area contributed by atoms with E-state index in [1.54, 1.807) is 14.2 Å². The molecule has 3 aromatic rings. The number of nitrogens with one attached hydrogen (secondary N) is 1. The molecule has 0 amide bonds. The molecule has 4 nitrogen and oxygen atoms in total. The Balaban J connectivity index is 1.57. The third-order valence-corrected chi connectivity index (χ3v) is 7.51. The van der Waals surface area contributed by atoms with Crippen LogP contribution in [0.25, 0.3) is 0 Å². The van der Waals surface area contributed by atoms with Gasteiger partial charge in [0.15, 0.2) is 11.5 Å². The Morgan fingerprint density at radius 3 is 2.03 bits per heavy atom. The molecule has 0 aromatic heterocycles. The van der Waals surface area contributed by atoms with Crippen LogP contribution in [0.2, 0.25) is 0 Å². The van der Waals surface area contributed by atoms with Crippen molar-refractivity contribution >= 4 is 0 Å². The van der Waals surface area contributed by atoms with E-state index in [1.165, 1.54) is 22.3 Å². The minimum absolute atomic E-state index is 0.0820. The molecular weight excluding hydrogens is 410 g/mol. The third-order valence-electron chi connectivity index (χ3n) is 7.51. The minimum atomic E-state index is 0.0820. The number of ether oxygens (including phenoxy) is 3. The van der Waals surface area contributed by atoms with E-state index in [4.69, 9.17) is 14.2 Å². The molecule has 0 saturated carbocycles. The predicted octanol–water partition coefficient (Wildman–Crippen LogP) is 5.62. The molecule has 33 heavy (non-hydrogen) atoms. The molecule has 0 radical (unpaired) electrons. The van der Waals surface area contributed by atoms with E-state index in [2.05, 4.69) is 78.1 Å². The van der Waals surface area contributed by atoms with Crippen molar-refractivity contribution in [3.63, 3.8) is 0 Å². The van der Waals surface area contributed by atoms with Crippen LogP contribution < -0.4 is 14.8 Å². The SMILES string of the molecule is COc1cc2c(cc1OC)C1(CCOCC1)CN[C@@H]2CC(c1ccccc1)c1ccccc1. The highest BCUT2D eigenvalue weighted by molar-refractivity contribution is 5.53. The highest BCUT2D eigenvalue weighted by Gasteiger charge is 2.42. The Morgan fingerprint density at radius 1 is 0.879 bits per heavy atom. The number of rotatable bonds is 6. The normalized spacial score (nSPS) is 19.3. The van der Waals surface area contributed by atoms with Crippen molar-refractivity contribution in [2.45, 2.75) is 36.6 Å². The molecular formula is C29H33NO3. The highest BCUT2D eigenvalue weighted by atomic mass is 16.5. The third kappa shape index (κ3) is 4.25. The quantitative estimate of drug-likeness (QED) is 0.537. The molecule has 1 N–H and O–H groups in total. The van der Waals surface area contributed by atoms with E-state index < -0.39 is 0 Å². The summed E-state index contributed by atoms with van der Waals surface area (Å²) in [7, 11) is 3.44. The topological polar surface area (TPSA) is 39.7 Å². The Hall–Kier alpha value is -2.82. The van der Waals surface area contributed by atoms with Crippen molar-refractivity contribution in [3.8, 4) is 11.5 Å². The zero-order valence-electron chi connectivity index (χ0n) is 19.6. The van der Waals surface area contributed by atoms with E-state index in [1.807, 2.05) is 0 Å². The molecule has 0 aliphatic carbocycles. The van der Waals surface area contributed by atoms with Crippen molar-refractivity contribution in [1.29, 1.82) is 0 Å². The van der Waals surface area contributed by atoms with Crippen LogP contribution in [0, 0.1) is 0 Å². The van der Waals surface area contributed by atoms with Crippen molar-refractivity contribution in [2.75, 3.05) is 34.0 Å². The van der Waals surface area contributed by atoms with Crippen LogP contribution in [0.4, 0.5) is 0 Å². The van der Waals surface area contributed by atoms with Crippen LogP contribution >= 0.6 is 0 Å². The first kappa shape index (κ1) is 22.0. The van der Waals surface area contributed by atoms with Gasteiger partial charge in [-0.1, -0.05) is 60.7 Å². The Bertz CT molecular complexity index is 1020. The number of fused-ring (bicyclic) bond motifs is 2. The van der Waals surface area contributed by atoms with Gasteiger partial charge in [0, 0.05) is 37.1 Å². The maximum Gasteiger partial charge on any atom is 0.161 e. The smallest absolute Gasteiger partial charge is 0.161 e. The highest BCUT2D eigenvalue weighted by Crippen LogP contribution is 2.48. The van der Waals surface area contributed by atoms with Crippen LogP contribution in [0.5, 0.6) is 11.5 Å². The lowest BCUT2D eigenvalue weighted by Crippen LogP contribution is -2.48. The zero-order valence-corrected chi connectivity index (χ0v) is 19.6. The average molecular weight is 444 g/mol. The molecule has 1 spiro atoms. The largest absolute Gasteiger partial charge is 0.493 e. The van der Waals surface area contributed by atoms with Crippen LogP contribution in [0.15, 0.2) is 72.8 Å². The Labute approximate surface area is 196 Å². The molecule has 5 rings (SSSR count). The van der Waals surface area contributed by atoms with E-state index in [-0.39, 0.29) is 11.5 Å². The average Bonchev–Trinajstić information content (AvgIpc) is 2.89. The van der Waals surface area contributed by atoms with Gasteiger partial charge in [0.05, 0.1) is 14.2 Å². The van der Waals surface area contributed by atoms with Gasteiger partial charge in [0.1, 0.15) is 0 Å². The number of hydrogen-bond donors (Lipinski definition) is 1. The molecule has 2 aliphatic heterocycles. The molecule has 4 heteroatoms. The summed E-state index contributed by atoms with van der Waals surface area (Å²) in [6.07, 6.45) is 3.02. The van der Waals surface area contributed by atoms with E-state index >= 15 is 0 Å². The van der Waals surface area contributed by atoms with Crippen molar-refractivity contribution in [3.05, 3.63) is 95.1 Å². The first-order valence-electron chi connectivity index (χ1n) is 11.9. The van der Waals surface area contributed by atoms with Gasteiger partial charge in [-0.15, -0.1) is 0 Å². The van der Waals surface area contributed by atoms with Gasteiger partial charge in [-0.2, -0.15) is 0 Å². The standard InChI is InChI=1S/C29H33NO3/c1-31-27-18-24-25(19-28(27)32-2)29(13-15-33-16-14-29)20-30-26(24)17-23(21-9-5-3-6-10-21)22-11-7-4-8-12-22/h3-12,18-19,23,26,30H,13-17,20H2,1-2H3/t26-/m1/s1. The van der Waals surface area contributed by atoms with Gasteiger partial charge in [0.2, 0.25) is 0 Å². The first-order valence-corrected chi connectivity index (χ1v) is 11.9. The molecule has 0 bridgehead atoms. The lowest BCUT2D eigenvalue weighted by molar-refractivity contribution is 0.0448. The lowest BCUT2D eigenvalue weighted by atomic mass is 9.68. The van der Waals surface area contributed by atoms with E-state index in [0.29, 0.717) is 5.92 Å². The zero-order chi connectivity index (χ0) is 22.7. The van der Waals surface area contributed by atoms with Gasteiger partial charge >= 0.3 is 0 Å². The Morgan fingerprint density at radius 2 is 1.45 bits per heavy atom. The Kier molecular flexibility index (Phi) is 6.39. The van der Waals surface area contributed by atoms with Crippen LogP contribution in [-0.2, 0) is 10.2 Å². The second-order valence-corrected chi connectivity index (χ2v) is 9.23. The summed E-state index contributed by atoms with van der Waals surface area (Å²) in [6.45, 7) is 2.56. The maximum atomic E-state index is 5.74. The fourth-order valence-corrected chi connectivity index (χ4v) is 5.66. The lowest BCUT2D eigenvalue weighted by Gasteiger charge is -2.46. The van der Waals surface area contributed by atoms with E-state index in [0.717, 1.165) is 50.5 Å². The second kappa shape index (κ2) is 9.58. The molecule has 1 fully saturated rings. The number of methoxy groups -OCH3 is 2. The summed E-state index contributed by atoms with van der Waals surface area (Å²) >= 11 is 0. The van der Waals surface area contributed by atoms with Gasteiger partial charge in [-0.25, -0.2) is 0 Å². The minimum Gasteiger partial charge on any atom is -0.493 e. The molecule has 2 heterocycles. The molecule has 2 aliphatic rings. The van der Waals surface area contributed by atoms with Gasteiger partial charge in [-0.3, -0.25) is 0 Å². The summed E-state index contributed by atoms with van der Waals surface area (Å²) < 4.78 is 17.2. The fraction of sp³-hybridized carbons (Fsp3) is 0.379. The summed E-state index contributed by atoms with van der Waals surface area (Å²) in [5.74, 6) is 1.91. The molecule has 0 unspecified atom stereocenters. The summed E-state index contributed by atoms with van der Waals surface area (Å²) in [5, 5.41) is 3.94. The monoisotopic (exact) mass is 443 g/mol. The van der Waals surface area contributed by atoms with Crippen molar-refractivity contribution < 1.29 is 14.2 Å². The van der Waals surface area contributed by atoms with Crippen LogP contribution in [-0.4, -0.2) is 34.0 Å². The first-order chi connectivity index (χ1) is 16.2. The predicted molar refractivity (Wildman–Crippen MR) is 131 cm³/mol. The summed E-state index contributed by atoms with van der Waals surface area (Å²) in [4.78, 5) is 0. The van der Waals surface area contributed by atoms with Gasteiger partial charge in [-0.05, 0) is 53.6 Å². The van der Waals surface area contributed by atoms with E-state index in [9.17, 15) is 0 Å². The van der Waals surface area contributed by atoms with Crippen LogP contribution in [0.3, 0.4) is 0 Å². The maximum absolute atomic E-state index is 5.74. The summed E-state index contributed by atoms with van der Waals surface area (Å²) in [6, 6.07) is 26.4. The molecule has 1 atom stereocenters. The fourth-order valence-electron chi connectivity index (χ4n) is 5.66. The summed E-state index contributed by atoms with van der Waals surface area (Å²) in [5.41, 5.74) is 5.50. The second-order valence-electron chi connectivity index (χ2n) is 9.23. The molecule has 1 saturated heterocycles.